The molecular formula is C23H20N2O2. The van der Waals surface area contributed by atoms with Gasteiger partial charge in [0.15, 0.2) is 5.78 Å². The Labute approximate surface area is 158 Å². The molecule has 27 heavy (non-hydrogen) atoms. The number of aryl methyl sites for hydroxylation is 1. The van der Waals surface area contributed by atoms with Crippen molar-refractivity contribution in [3.05, 3.63) is 107 Å². The molecule has 0 saturated carbocycles. The molecule has 3 rings (SSSR count). The molecule has 1 N–H and O–H groups in total. The van der Waals surface area contributed by atoms with Crippen LogP contribution in [0.15, 0.2) is 90.0 Å². The summed E-state index contributed by atoms with van der Waals surface area (Å²) in [6.45, 7) is 1.87. The first-order valence-corrected chi connectivity index (χ1v) is 8.71. The van der Waals surface area contributed by atoms with E-state index in [9.17, 15) is 9.59 Å². The minimum Gasteiger partial charge on any atom is -0.294 e. The lowest BCUT2D eigenvalue weighted by molar-refractivity contribution is 0.0950. The molecule has 0 radical (unpaired) electrons. The fourth-order valence-electron chi connectivity index (χ4n) is 2.72. The van der Waals surface area contributed by atoms with Gasteiger partial charge in [-0.05, 0) is 24.1 Å². The van der Waals surface area contributed by atoms with Crippen molar-refractivity contribution in [2.24, 2.45) is 5.10 Å². The van der Waals surface area contributed by atoms with Gasteiger partial charge in [0, 0.05) is 11.1 Å². The molecular weight excluding hydrogens is 336 g/mol. The monoisotopic (exact) mass is 356 g/mol. The summed E-state index contributed by atoms with van der Waals surface area (Å²) in [7, 11) is 0. The van der Waals surface area contributed by atoms with Gasteiger partial charge in [-0.1, -0.05) is 78.9 Å². The van der Waals surface area contributed by atoms with Crippen LogP contribution in [0.1, 0.15) is 38.3 Å². The van der Waals surface area contributed by atoms with Crippen molar-refractivity contribution in [2.75, 3.05) is 0 Å². The zero-order chi connectivity index (χ0) is 19.1. The molecule has 3 aromatic rings. The SMILES string of the molecule is Cc1ccccc1C(=O)N/N=C(/CC(=O)c1ccccc1)c1ccccc1. The number of nitrogens with one attached hydrogen (secondary N) is 1. The predicted octanol–water partition coefficient (Wildman–Crippen LogP) is 4.40. The second-order valence-electron chi connectivity index (χ2n) is 6.15. The van der Waals surface area contributed by atoms with Crippen LogP contribution < -0.4 is 5.43 Å². The highest BCUT2D eigenvalue weighted by atomic mass is 16.2. The third-order valence-electron chi connectivity index (χ3n) is 4.21. The molecule has 0 aliphatic carbocycles. The molecule has 4 heteroatoms. The Morgan fingerprint density at radius 3 is 1.96 bits per heavy atom. The number of Topliss-reactive ketones (excluding diaryl/α,β-unsaturated/α-hetero) is 1. The van der Waals surface area contributed by atoms with Crippen LogP contribution in [0.25, 0.3) is 0 Å². The lowest BCUT2D eigenvalue weighted by Gasteiger charge is -2.08. The first-order valence-electron chi connectivity index (χ1n) is 8.71. The summed E-state index contributed by atoms with van der Waals surface area (Å²) in [5.41, 5.74) is 5.95. The van der Waals surface area contributed by atoms with Crippen LogP contribution in [0.4, 0.5) is 0 Å². The van der Waals surface area contributed by atoms with Gasteiger partial charge in [0.1, 0.15) is 0 Å². The van der Waals surface area contributed by atoms with Crippen molar-refractivity contribution in [3.8, 4) is 0 Å². The summed E-state index contributed by atoms with van der Waals surface area (Å²) >= 11 is 0. The summed E-state index contributed by atoms with van der Waals surface area (Å²) < 4.78 is 0. The minimum absolute atomic E-state index is 0.0525. The van der Waals surface area contributed by atoms with Crippen LogP contribution in [-0.2, 0) is 0 Å². The molecule has 0 atom stereocenters. The second kappa shape index (κ2) is 8.72. The quantitative estimate of drug-likeness (QED) is 0.404. The molecule has 0 unspecified atom stereocenters. The van der Waals surface area contributed by atoms with E-state index in [1.165, 1.54) is 0 Å². The molecule has 0 saturated heterocycles. The number of hydrogen-bond acceptors (Lipinski definition) is 3. The molecule has 0 fully saturated rings. The smallest absolute Gasteiger partial charge is 0.271 e. The van der Waals surface area contributed by atoms with E-state index in [0.717, 1.165) is 11.1 Å². The first kappa shape index (κ1) is 18.3. The highest BCUT2D eigenvalue weighted by molar-refractivity contribution is 6.16. The van der Waals surface area contributed by atoms with Gasteiger partial charge in [0.25, 0.3) is 5.91 Å². The second-order valence-corrected chi connectivity index (χ2v) is 6.15. The molecule has 0 bridgehead atoms. The van der Waals surface area contributed by atoms with E-state index >= 15 is 0 Å². The van der Waals surface area contributed by atoms with Gasteiger partial charge in [0.05, 0.1) is 12.1 Å². The third kappa shape index (κ3) is 4.76. The zero-order valence-corrected chi connectivity index (χ0v) is 15.1. The Morgan fingerprint density at radius 2 is 1.33 bits per heavy atom. The average molecular weight is 356 g/mol. The fourth-order valence-corrected chi connectivity index (χ4v) is 2.72. The van der Waals surface area contributed by atoms with Crippen molar-refractivity contribution in [2.45, 2.75) is 13.3 Å². The summed E-state index contributed by atoms with van der Waals surface area (Å²) in [5.74, 6) is -0.350. The molecule has 1 amide bonds. The third-order valence-corrected chi connectivity index (χ3v) is 4.21. The topological polar surface area (TPSA) is 58.5 Å². The summed E-state index contributed by atoms with van der Waals surface area (Å²) in [6.07, 6.45) is 0.0993. The van der Waals surface area contributed by atoms with E-state index in [1.807, 2.05) is 73.7 Å². The maximum atomic E-state index is 12.6. The molecule has 4 nitrogen and oxygen atoms in total. The van der Waals surface area contributed by atoms with E-state index in [4.69, 9.17) is 0 Å². The number of hydrogen-bond donors (Lipinski definition) is 1. The van der Waals surface area contributed by atoms with E-state index in [-0.39, 0.29) is 18.1 Å². The van der Waals surface area contributed by atoms with E-state index < -0.39 is 0 Å². The maximum Gasteiger partial charge on any atom is 0.271 e. The Balaban J connectivity index is 1.84. The number of carbonyl (C=O) groups is 2. The molecule has 0 aliphatic rings. The van der Waals surface area contributed by atoms with Gasteiger partial charge in [-0.2, -0.15) is 5.10 Å². The molecule has 0 aliphatic heterocycles. The standard InChI is InChI=1S/C23H20N2O2/c1-17-10-8-9-15-20(17)23(27)25-24-21(18-11-4-2-5-12-18)16-22(26)19-13-6-3-7-14-19/h2-15H,16H2,1H3,(H,25,27)/b24-21-. The van der Waals surface area contributed by atoms with Gasteiger partial charge in [-0.15, -0.1) is 0 Å². The minimum atomic E-state index is -0.298. The Morgan fingerprint density at radius 1 is 0.778 bits per heavy atom. The lowest BCUT2D eigenvalue weighted by Crippen LogP contribution is -2.22. The molecule has 134 valence electrons. The number of ketones is 1. The van der Waals surface area contributed by atoms with E-state index in [0.29, 0.717) is 16.8 Å². The molecule has 0 aromatic heterocycles. The van der Waals surface area contributed by atoms with Gasteiger partial charge in [0.2, 0.25) is 0 Å². The number of hydrazone groups is 1. The zero-order valence-electron chi connectivity index (χ0n) is 15.1. The Bertz CT molecular complexity index is 964. The fraction of sp³-hybridized carbons (Fsp3) is 0.0870. The largest absolute Gasteiger partial charge is 0.294 e. The van der Waals surface area contributed by atoms with Crippen LogP contribution in [-0.4, -0.2) is 17.4 Å². The van der Waals surface area contributed by atoms with Crippen LogP contribution in [0.3, 0.4) is 0 Å². The van der Waals surface area contributed by atoms with E-state index in [2.05, 4.69) is 10.5 Å². The van der Waals surface area contributed by atoms with Crippen LogP contribution in [0, 0.1) is 6.92 Å². The average Bonchev–Trinajstić information content (AvgIpc) is 2.72. The summed E-state index contributed by atoms with van der Waals surface area (Å²) in [5, 5.41) is 4.27. The molecule has 0 heterocycles. The normalized spacial score (nSPS) is 11.1. The summed E-state index contributed by atoms with van der Waals surface area (Å²) in [6, 6.07) is 25.8. The number of benzene rings is 3. The van der Waals surface area contributed by atoms with Crippen molar-refractivity contribution >= 4 is 17.4 Å². The van der Waals surface area contributed by atoms with Gasteiger partial charge in [-0.25, -0.2) is 5.43 Å². The van der Waals surface area contributed by atoms with Crippen LogP contribution in [0.2, 0.25) is 0 Å². The number of amides is 1. The lowest BCUT2D eigenvalue weighted by atomic mass is 10.0. The maximum absolute atomic E-state index is 12.6. The Hall–Kier alpha value is -3.53. The summed E-state index contributed by atoms with van der Waals surface area (Å²) in [4.78, 5) is 25.1. The Kier molecular flexibility index (Phi) is 5.90. The first-order chi connectivity index (χ1) is 13.1. The van der Waals surface area contributed by atoms with Crippen LogP contribution >= 0.6 is 0 Å². The molecule has 3 aromatic carbocycles. The van der Waals surface area contributed by atoms with Crippen molar-refractivity contribution < 1.29 is 9.59 Å². The highest BCUT2D eigenvalue weighted by Crippen LogP contribution is 2.11. The van der Waals surface area contributed by atoms with Crippen molar-refractivity contribution in [1.82, 2.24) is 5.43 Å². The van der Waals surface area contributed by atoms with Crippen molar-refractivity contribution in [3.63, 3.8) is 0 Å². The van der Waals surface area contributed by atoms with Gasteiger partial charge < -0.3 is 0 Å². The van der Waals surface area contributed by atoms with Crippen molar-refractivity contribution in [1.29, 1.82) is 0 Å². The number of carbonyl (C=O) groups excluding carboxylic acids is 2. The predicted molar refractivity (Wildman–Crippen MR) is 107 cm³/mol. The highest BCUT2D eigenvalue weighted by Gasteiger charge is 2.13. The van der Waals surface area contributed by atoms with Crippen LogP contribution in [0.5, 0.6) is 0 Å². The number of rotatable bonds is 6. The number of nitrogens with zero attached hydrogens (tertiary/aromatic N) is 1. The van der Waals surface area contributed by atoms with E-state index in [1.54, 1.807) is 18.2 Å². The molecule has 0 spiro atoms. The van der Waals surface area contributed by atoms with Gasteiger partial charge in [-0.3, -0.25) is 9.59 Å². The van der Waals surface area contributed by atoms with Gasteiger partial charge >= 0.3 is 0 Å².